The first-order valence-electron chi connectivity index (χ1n) is 7.62. The number of rotatable bonds is 6. The maximum Gasteiger partial charge on any atom is 0.369 e. The Morgan fingerprint density at radius 2 is 1.96 bits per heavy atom. The Labute approximate surface area is 155 Å². The van der Waals surface area contributed by atoms with Gasteiger partial charge in [-0.05, 0) is 37.3 Å². The summed E-state index contributed by atoms with van der Waals surface area (Å²) in [5, 5.41) is 15.7. The number of anilines is 2. The van der Waals surface area contributed by atoms with Gasteiger partial charge in [0.05, 0.1) is 17.3 Å². The Morgan fingerprint density at radius 3 is 2.62 bits per heavy atom. The van der Waals surface area contributed by atoms with E-state index in [1.54, 1.807) is 43.3 Å². The van der Waals surface area contributed by atoms with Gasteiger partial charge < -0.3 is 10.1 Å². The van der Waals surface area contributed by atoms with Crippen molar-refractivity contribution in [2.45, 2.75) is 6.92 Å². The van der Waals surface area contributed by atoms with E-state index in [-0.39, 0.29) is 23.2 Å². The number of nitrogens with one attached hydrogen (secondary N) is 2. The van der Waals surface area contributed by atoms with Gasteiger partial charge in [0.1, 0.15) is 6.07 Å². The van der Waals surface area contributed by atoms with Gasteiger partial charge in [0.25, 0.3) is 5.91 Å². The number of halogens is 1. The van der Waals surface area contributed by atoms with Gasteiger partial charge in [-0.15, -0.1) is 0 Å². The first-order chi connectivity index (χ1) is 12.5. The third-order valence-electron chi connectivity index (χ3n) is 3.12. The Balaban J connectivity index is 2.18. The molecule has 7 nitrogen and oxygen atoms in total. The highest BCUT2D eigenvalue weighted by molar-refractivity contribution is 6.43. The highest BCUT2D eigenvalue weighted by atomic mass is 35.5. The van der Waals surface area contributed by atoms with Gasteiger partial charge in [-0.3, -0.25) is 10.2 Å². The molecule has 0 fully saturated rings. The fourth-order valence-corrected chi connectivity index (χ4v) is 2.07. The van der Waals surface area contributed by atoms with Crippen molar-refractivity contribution in [2.75, 3.05) is 17.3 Å². The summed E-state index contributed by atoms with van der Waals surface area (Å²) in [4.78, 5) is 23.9. The van der Waals surface area contributed by atoms with E-state index in [2.05, 4.69) is 15.8 Å². The van der Waals surface area contributed by atoms with Crippen molar-refractivity contribution in [3.63, 3.8) is 0 Å². The number of carbonyl (C=O) groups is 2. The number of amides is 1. The van der Waals surface area contributed by atoms with Crippen molar-refractivity contribution < 1.29 is 14.3 Å². The molecule has 0 saturated heterocycles. The smallest absolute Gasteiger partial charge is 0.369 e. The van der Waals surface area contributed by atoms with Crippen LogP contribution in [0.3, 0.4) is 0 Å². The van der Waals surface area contributed by atoms with E-state index in [4.69, 9.17) is 21.6 Å². The number of benzene rings is 2. The number of para-hydroxylation sites is 1. The molecule has 0 radical (unpaired) electrons. The normalized spacial score (nSPS) is 10.6. The highest BCUT2D eigenvalue weighted by Crippen LogP contribution is 2.23. The molecule has 1 amide bonds. The standard InChI is InChI=1S/C18H15ClN4O3/c1-2-26-18(25)16(11-20)23-22-15-10-12(8-9-14(15)19)17(24)21-13-6-4-3-5-7-13/h3-10,22H,2H2,1H3,(H,21,24)/b23-16+. The van der Waals surface area contributed by atoms with Crippen LogP contribution in [0.25, 0.3) is 0 Å². The van der Waals surface area contributed by atoms with Crippen LogP contribution in [0, 0.1) is 11.3 Å². The van der Waals surface area contributed by atoms with E-state index >= 15 is 0 Å². The lowest BCUT2D eigenvalue weighted by atomic mass is 10.2. The summed E-state index contributed by atoms with van der Waals surface area (Å²) in [6.45, 7) is 1.74. The largest absolute Gasteiger partial charge is 0.461 e. The molecule has 0 aliphatic heterocycles. The van der Waals surface area contributed by atoms with Crippen LogP contribution in [0.4, 0.5) is 11.4 Å². The predicted octanol–water partition coefficient (Wildman–Crippen LogP) is 3.45. The van der Waals surface area contributed by atoms with Crippen LogP contribution in [0.15, 0.2) is 53.6 Å². The Hall–Kier alpha value is -3.37. The minimum absolute atomic E-state index is 0.120. The lowest BCUT2D eigenvalue weighted by Crippen LogP contribution is -2.17. The van der Waals surface area contributed by atoms with Crippen LogP contribution in [0.1, 0.15) is 17.3 Å². The zero-order chi connectivity index (χ0) is 18.9. The van der Waals surface area contributed by atoms with E-state index in [9.17, 15) is 9.59 Å². The minimum atomic E-state index is -0.850. The lowest BCUT2D eigenvalue weighted by molar-refractivity contribution is -0.134. The van der Waals surface area contributed by atoms with Gasteiger partial charge in [0.2, 0.25) is 5.71 Å². The molecule has 0 unspecified atom stereocenters. The Kier molecular flexibility index (Phi) is 6.71. The van der Waals surface area contributed by atoms with Crippen LogP contribution in [-0.2, 0) is 9.53 Å². The number of hydrazone groups is 1. The van der Waals surface area contributed by atoms with Crippen LogP contribution in [0.5, 0.6) is 0 Å². The van der Waals surface area contributed by atoms with Gasteiger partial charge >= 0.3 is 5.97 Å². The average molecular weight is 371 g/mol. The molecule has 2 N–H and O–H groups in total. The third-order valence-corrected chi connectivity index (χ3v) is 3.45. The van der Waals surface area contributed by atoms with Crippen LogP contribution < -0.4 is 10.7 Å². The molecule has 2 aromatic rings. The molecule has 8 heteroatoms. The second kappa shape index (κ2) is 9.20. The van der Waals surface area contributed by atoms with Crippen molar-refractivity contribution in [1.29, 1.82) is 5.26 Å². The van der Waals surface area contributed by atoms with E-state index < -0.39 is 11.7 Å². The van der Waals surface area contributed by atoms with E-state index in [0.717, 1.165) is 0 Å². The van der Waals surface area contributed by atoms with Crippen molar-refractivity contribution in [1.82, 2.24) is 0 Å². The lowest BCUT2D eigenvalue weighted by Gasteiger charge is -2.08. The summed E-state index contributed by atoms with van der Waals surface area (Å²) in [5.74, 6) is -1.19. The summed E-state index contributed by atoms with van der Waals surface area (Å²) >= 11 is 6.07. The topological polar surface area (TPSA) is 104 Å². The maximum absolute atomic E-state index is 12.3. The Bertz CT molecular complexity index is 876. The van der Waals surface area contributed by atoms with E-state index in [1.807, 2.05) is 6.07 Å². The second-order valence-corrected chi connectivity index (χ2v) is 5.33. The number of nitriles is 1. The molecule has 26 heavy (non-hydrogen) atoms. The van der Waals surface area contributed by atoms with E-state index in [1.165, 1.54) is 12.1 Å². The molecule has 0 spiro atoms. The molecule has 0 aliphatic carbocycles. The fraction of sp³-hybridized carbons (Fsp3) is 0.111. The zero-order valence-electron chi connectivity index (χ0n) is 13.8. The summed E-state index contributed by atoms with van der Waals surface area (Å²) in [6, 6.07) is 15.1. The molecule has 0 aromatic heterocycles. The molecule has 132 valence electrons. The Morgan fingerprint density at radius 1 is 1.23 bits per heavy atom. The summed E-state index contributed by atoms with van der Waals surface area (Å²) < 4.78 is 4.71. The number of esters is 1. The van der Waals surface area contributed by atoms with Gasteiger partial charge in [-0.1, -0.05) is 29.8 Å². The van der Waals surface area contributed by atoms with Gasteiger partial charge in [0.15, 0.2) is 0 Å². The van der Waals surface area contributed by atoms with Gasteiger partial charge in [-0.25, -0.2) is 4.79 Å². The number of hydrogen-bond donors (Lipinski definition) is 2. The van der Waals surface area contributed by atoms with Crippen LogP contribution in [0.2, 0.25) is 5.02 Å². The summed E-state index contributed by atoms with van der Waals surface area (Å²) in [6.07, 6.45) is 0. The average Bonchev–Trinajstić information content (AvgIpc) is 2.64. The predicted molar refractivity (Wildman–Crippen MR) is 99.2 cm³/mol. The van der Waals surface area contributed by atoms with Crippen molar-refractivity contribution >= 4 is 40.6 Å². The van der Waals surface area contributed by atoms with E-state index in [0.29, 0.717) is 11.3 Å². The van der Waals surface area contributed by atoms with Gasteiger partial charge in [0, 0.05) is 11.3 Å². The number of nitrogens with zero attached hydrogens (tertiary/aromatic N) is 2. The first kappa shape index (κ1) is 19.0. The summed E-state index contributed by atoms with van der Waals surface area (Å²) in [5.41, 5.74) is 3.30. The first-order valence-corrected chi connectivity index (χ1v) is 7.99. The van der Waals surface area contributed by atoms with Crippen molar-refractivity contribution in [3.05, 3.63) is 59.1 Å². The monoisotopic (exact) mass is 370 g/mol. The third kappa shape index (κ3) is 5.06. The van der Waals surface area contributed by atoms with Crippen molar-refractivity contribution in [3.8, 4) is 6.07 Å². The number of ether oxygens (including phenoxy) is 1. The highest BCUT2D eigenvalue weighted by Gasteiger charge is 2.13. The minimum Gasteiger partial charge on any atom is -0.461 e. The molecule has 2 aromatic carbocycles. The molecular formula is C18H15ClN4O3. The molecule has 0 bridgehead atoms. The second-order valence-electron chi connectivity index (χ2n) is 4.92. The zero-order valence-corrected chi connectivity index (χ0v) is 14.6. The molecule has 0 aliphatic rings. The fourth-order valence-electron chi connectivity index (χ4n) is 1.91. The molecule has 0 heterocycles. The SMILES string of the molecule is CCOC(=O)/C(C#N)=N/Nc1cc(C(=O)Nc2ccccc2)ccc1Cl. The van der Waals surface area contributed by atoms with Crippen molar-refractivity contribution in [2.24, 2.45) is 5.10 Å². The summed E-state index contributed by atoms with van der Waals surface area (Å²) in [7, 11) is 0. The molecule has 0 saturated carbocycles. The van der Waals surface area contributed by atoms with Crippen LogP contribution >= 0.6 is 11.6 Å². The molecular weight excluding hydrogens is 356 g/mol. The van der Waals surface area contributed by atoms with Crippen LogP contribution in [-0.4, -0.2) is 24.2 Å². The number of hydrogen-bond acceptors (Lipinski definition) is 6. The number of carbonyl (C=O) groups excluding carboxylic acids is 2. The molecule has 0 atom stereocenters. The molecule has 2 rings (SSSR count). The maximum atomic E-state index is 12.3. The van der Waals surface area contributed by atoms with Gasteiger partial charge in [-0.2, -0.15) is 10.4 Å². The quantitative estimate of drug-likeness (QED) is 0.460.